The molecule has 0 spiro atoms. The number of furan rings is 1. The molecule has 1 saturated heterocycles. The summed E-state index contributed by atoms with van der Waals surface area (Å²) in [5, 5.41) is 0. The minimum absolute atomic E-state index is 0.00313. The highest BCUT2D eigenvalue weighted by Crippen LogP contribution is 2.13. The number of nitrogens with zero attached hydrogens (tertiary/aromatic N) is 2. The number of nitrogens with two attached hydrogens (primary N) is 1. The molecule has 0 saturated carbocycles. The number of amides is 1. The van der Waals surface area contributed by atoms with Gasteiger partial charge in [0, 0.05) is 32.7 Å². The Bertz CT molecular complexity index is 397. The van der Waals surface area contributed by atoms with E-state index in [1.54, 1.807) is 6.26 Å². The first-order valence-corrected chi connectivity index (χ1v) is 7.48. The van der Waals surface area contributed by atoms with Gasteiger partial charge in [-0.2, -0.15) is 0 Å². The third-order valence-electron chi connectivity index (χ3n) is 3.91. The predicted molar refractivity (Wildman–Crippen MR) is 78.0 cm³/mol. The van der Waals surface area contributed by atoms with Gasteiger partial charge in [-0.25, -0.2) is 0 Å². The number of hydrogen-bond acceptors (Lipinski definition) is 4. The SMILES string of the molecule is CCCC(CN)C(=O)N1CCN(Cc2ccco2)CC1. The second-order valence-corrected chi connectivity index (χ2v) is 5.40. The normalized spacial score (nSPS) is 18.2. The van der Waals surface area contributed by atoms with E-state index in [4.69, 9.17) is 10.2 Å². The van der Waals surface area contributed by atoms with Gasteiger partial charge >= 0.3 is 0 Å². The van der Waals surface area contributed by atoms with Crippen LogP contribution in [0, 0.1) is 5.92 Å². The molecule has 5 nitrogen and oxygen atoms in total. The number of piperazine rings is 1. The van der Waals surface area contributed by atoms with Gasteiger partial charge < -0.3 is 15.1 Å². The van der Waals surface area contributed by atoms with Gasteiger partial charge in [-0.3, -0.25) is 9.69 Å². The average Bonchev–Trinajstić information content (AvgIpc) is 2.98. The van der Waals surface area contributed by atoms with E-state index >= 15 is 0 Å². The maximum Gasteiger partial charge on any atom is 0.227 e. The highest BCUT2D eigenvalue weighted by molar-refractivity contribution is 5.79. The Morgan fingerprint density at radius 1 is 1.40 bits per heavy atom. The van der Waals surface area contributed by atoms with Crippen molar-refractivity contribution >= 4 is 5.91 Å². The largest absolute Gasteiger partial charge is 0.468 e. The molecule has 5 heteroatoms. The van der Waals surface area contributed by atoms with Crippen LogP contribution in [0.15, 0.2) is 22.8 Å². The van der Waals surface area contributed by atoms with Crippen molar-refractivity contribution in [2.75, 3.05) is 32.7 Å². The van der Waals surface area contributed by atoms with Gasteiger partial charge in [0.1, 0.15) is 5.76 Å². The standard InChI is InChI=1S/C15H25N3O2/c1-2-4-13(11-16)15(19)18-8-6-17(7-9-18)12-14-5-3-10-20-14/h3,5,10,13H,2,4,6-9,11-12,16H2,1H3. The Morgan fingerprint density at radius 2 is 2.15 bits per heavy atom. The number of hydrogen-bond donors (Lipinski definition) is 1. The molecule has 0 aromatic carbocycles. The lowest BCUT2D eigenvalue weighted by Crippen LogP contribution is -2.50. The van der Waals surface area contributed by atoms with Crippen molar-refractivity contribution in [2.45, 2.75) is 26.3 Å². The van der Waals surface area contributed by atoms with E-state index in [-0.39, 0.29) is 11.8 Å². The van der Waals surface area contributed by atoms with E-state index in [1.165, 1.54) is 0 Å². The zero-order valence-corrected chi connectivity index (χ0v) is 12.3. The molecule has 0 radical (unpaired) electrons. The maximum atomic E-state index is 12.4. The molecule has 20 heavy (non-hydrogen) atoms. The van der Waals surface area contributed by atoms with Crippen LogP contribution in [0.4, 0.5) is 0 Å². The first kappa shape index (κ1) is 15.1. The Balaban J connectivity index is 1.79. The van der Waals surface area contributed by atoms with Crippen molar-refractivity contribution in [1.82, 2.24) is 9.80 Å². The summed E-state index contributed by atoms with van der Waals surface area (Å²) in [5.41, 5.74) is 5.71. The van der Waals surface area contributed by atoms with Gasteiger partial charge in [0.15, 0.2) is 0 Å². The summed E-state index contributed by atoms with van der Waals surface area (Å²) in [7, 11) is 0. The summed E-state index contributed by atoms with van der Waals surface area (Å²) in [6.07, 6.45) is 3.60. The molecule has 1 aromatic rings. The lowest BCUT2D eigenvalue weighted by Gasteiger charge is -2.36. The lowest BCUT2D eigenvalue weighted by molar-refractivity contribution is -0.137. The fourth-order valence-corrected chi connectivity index (χ4v) is 2.70. The van der Waals surface area contributed by atoms with E-state index in [2.05, 4.69) is 11.8 Å². The van der Waals surface area contributed by atoms with Crippen LogP contribution in [0.1, 0.15) is 25.5 Å². The second kappa shape index (κ2) is 7.45. The van der Waals surface area contributed by atoms with Crippen molar-refractivity contribution < 1.29 is 9.21 Å². The fraction of sp³-hybridized carbons (Fsp3) is 0.667. The zero-order chi connectivity index (χ0) is 14.4. The van der Waals surface area contributed by atoms with Gasteiger partial charge in [-0.15, -0.1) is 0 Å². The van der Waals surface area contributed by atoms with Crippen molar-refractivity contribution in [2.24, 2.45) is 11.7 Å². The first-order valence-electron chi connectivity index (χ1n) is 7.48. The molecule has 1 fully saturated rings. The van der Waals surface area contributed by atoms with Crippen LogP contribution >= 0.6 is 0 Å². The van der Waals surface area contributed by atoms with E-state index < -0.39 is 0 Å². The van der Waals surface area contributed by atoms with Gasteiger partial charge in [0.05, 0.1) is 18.7 Å². The molecular formula is C15H25N3O2. The van der Waals surface area contributed by atoms with Crippen molar-refractivity contribution in [3.8, 4) is 0 Å². The molecule has 1 aliphatic heterocycles. The van der Waals surface area contributed by atoms with Gasteiger partial charge in [0.2, 0.25) is 5.91 Å². The number of rotatable bonds is 6. The quantitative estimate of drug-likeness (QED) is 0.852. The number of carbonyl (C=O) groups excluding carboxylic acids is 1. The molecular weight excluding hydrogens is 254 g/mol. The summed E-state index contributed by atoms with van der Waals surface area (Å²) >= 11 is 0. The van der Waals surface area contributed by atoms with Crippen LogP contribution in [0.25, 0.3) is 0 Å². The Labute approximate surface area is 120 Å². The monoisotopic (exact) mass is 279 g/mol. The highest BCUT2D eigenvalue weighted by Gasteiger charge is 2.26. The van der Waals surface area contributed by atoms with Crippen molar-refractivity contribution in [3.05, 3.63) is 24.2 Å². The minimum Gasteiger partial charge on any atom is -0.468 e. The summed E-state index contributed by atoms with van der Waals surface area (Å²) in [6.45, 7) is 6.76. The molecule has 2 rings (SSSR count). The molecule has 2 N–H and O–H groups in total. The number of carbonyl (C=O) groups is 1. The van der Waals surface area contributed by atoms with Crippen LogP contribution in [-0.4, -0.2) is 48.4 Å². The Kier molecular flexibility index (Phi) is 5.61. The van der Waals surface area contributed by atoms with Crippen LogP contribution < -0.4 is 5.73 Å². The first-order chi connectivity index (χ1) is 9.74. The van der Waals surface area contributed by atoms with E-state index in [9.17, 15) is 4.79 Å². The summed E-state index contributed by atoms with van der Waals surface area (Å²) in [6, 6.07) is 3.90. The molecule has 0 aliphatic carbocycles. The maximum absolute atomic E-state index is 12.4. The molecule has 1 aromatic heterocycles. The van der Waals surface area contributed by atoms with Crippen LogP contribution in [0.5, 0.6) is 0 Å². The highest BCUT2D eigenvalue weighted by atomic mass is 16.3. The van der Waals surface area contributed by atoms with Gasteiger partial charge in [-0.1, -0.05) is 13.3 Å². The Morgan fingerprint density at radius 3 is 2.70 bits per heavy atom. The van der Waals surface area contributed by atoms with Crippen LogP contribution in [0.2, 0.25) is 0 Å². The average molecular weight is 279 g/mol. The molecule has 0 bridgehead atoms. The summed E-state index contributed by atoms with van der Waals surface area (Å²) < 4.78 is 5.36. The zero-order valence-electron chi connectivity index (χ0n) is 12.3. The van der Waals surface area contributed by atoms with E-state index in [0.29, 0.717) is 6.54 Å². The third-order valence-corrected chi connectivity index (χ3v) is 3.91. The molecule has 2 heterocycles. The molecule has 1 aliphatic rings. The third kappa shape index (κ3) is 3.84. The molecule has 112 valence electrons. The van der Waals surface area contributed by atoms with Crippen molar-refractivity contribution in [3.63, 3.8) is 0 Å². The van der Waals surface area contributed by atoms with Gasteiger partial charge in [-0.05, 0) is 18.6 Å². The van der Waals surface area contributed by atoms with Crippen LogP contribution in [0.3, 0.4) is 0 Å². The Hall–Kier alpha value is -1.33. The summed E-state index contributed by atoms with van der Waals surface area (Å²) in [4.78, 5) is 16.6. The van der Waals surface area contributed by atoms with Crippen LogP contribution in [-0.2, 0) is 11.3 Å². The molecule has 1 unspecified atom stereocenters. The topological polar surface area (TPSA) is 62.7 Å². The van der Waals surface area contributed by atoms with Gasteiger partial charge in [0.25, 0.3) is 0 Å². The lowest BCUT2D eigenvalue weighted by atomic mass is 10.0. The smallest absolute Gasteiger partial charge is 0.227 e. The minimum atomic E-state index is -0.00313. The second-order valence-electron chi connectivity index (χ2n) is 5.40. The van der Waals surface area contributed by atoms with E-state index in [1.807, 2.05) is 17.0 Å². The summed E-state index contributed by atoms with van der Waals surface area (Å²) in [5.74, 6) is 1.21. The molecule has 1 amide bonds. The predicted octanol–water partition coefficient (Wildman–Crippen LogP) is 1.30. The van der Waals surface area contributed by atoms with E-state index in [0.717, 1.165) is 51.3 Å². The fourth-order valence-electron chi connectivity index (χ4n) is 2.70. The molecule has 1 atom stereocenters. The van der Waals surface area contributed by atoms with Crippen molar-refractivity contribution in [1.29, 1.82) is 0 Å².